The lowest BCUT2D eigenvalue weighted by atomic mass is 10.00. The van der Waals surface area contributed by atoms with E-state index in [4.69, 9.17) is 15.2 Å². The lowest BCUT2D eigenvalue weighted by Gasteiger charge is -2.26. The summed E-state index contributed by atoms with van der Waals surface area (Å²) in [5.41, 5.74) is 7.68. The standard InChI is InChI=1S/C31H30FN3O5/c1-39-28(15-6-7-16-29(37)34-26-13-5-4-12-24(26)33)30(21-17-18-27(36)23(32)19-21)40-31(38)35-25-14-8-10-20-9-2-3-11-22(20)25/h2-5,7-14,16-19,28,30,36H,6,15,33H2,1H3,(H,34,37)(H,35,38)/b16-7+/t28-,30-/m0/s1. The Hall–Kier alpha value is -4.89. The Kier molecular flexibility index (Phi) is 9.32. The number of nitrogens with two attached hydrogens (primary N) is 1. The van der Waals surface area contributed by atoms with Crippen LogP contribution in [-0.2, 0) is 14.3 Å². The van der Waals surface area contributed by atoms with E-state index >= 15 is 0 Å². The van der Waals surface area contributed by atoms with Crippen LogP contribution in [0.1, 0.15) is 24.5 Å². The molecule has 0 heterocycles. The molecule has 2 amide bonds. The Morgan fingerprint density at radius 3 is 2.48 bits per heavy atom. The molecule has 40 heavy (non-hydrogen) atoms. The molecule has 0 saturated heterocycles. The summed E-state index contributed by atoms with van der Waals surface area (Å²) in [6.45, 7) is 0. The molecule has 0 aliphatic heterocycles. The summed E-state index contributed by atoms with van der Waals surface area (Å²) in [6, 6.07) is 23.8. The minimum atomic E-state index is -1.01. The van der Waals surface area contributed by atoms with Gasteiger partial charge in [0.2, 0.25) is 5.91 Å². The summed E-state index contributed by atoms with van der Waals surface area (Å²) in [6.07, 6.45) is 1.30. The second-order valence-electron chi connectivity index (χ2n) is 9.02. The zero-order chi connectivity index (χ0) is 28.5. The van der Waals surface area contributed by atoms with E-state index in [9.17, 15) is 19.1 Å². The number of allylic oxidation sites excluding steroid dienone is 1. The lowest BCUT2D eigenvalue weighted by Crippen LogP contribution is -2.28. The van der Waals surface area contributed by atoms with Gasteiger partial charge in [-0.1, -0.05) is 60.7 Å². The van der Waals surface area contributed by atoms with Crippen molar-refractivity contribution in [2.24, 2.45) is 0 Å². The van der Waals surface area contributed by atoms with Gasteiger partial charge < -0.3 is 25.6 Å². The van der Waals surface area contributed by atoms with Gasteiger partial charge in [-0.15, -0.1) is 0 Å². The van der Waals surface area contributed by atoms with Crippen molar-refractivity contribution in [3.05, 3.63) is 108 Å². The number of nitrogen functional groups attached to an aromatic ring is 1. The van der Waals surface area contributed by atoms with E-state index in [2.05, 4.69) is 10.6 Å². The number of aromatic hydroxyl groups is 1. The fraction of sp³-hybridized carbons (Fsp3) is 0.161. The first-order chi connectivity index (χ1) is 19.4. The molecule has 4 aromatic carbocycles. The van der Waals surface area contributed by atoms with Crippen LogP contribution in [-0.4, -0.2) is 30.3 Å². The topological polar surface area (TPSA) is 123 Å². The van der Waals surface area contributed by atoms with Gasteiger partial charge in [0.1, 0.15) is 0 Å². The highest BCUT2D eigenvalue weighted by Crippen LogP contribution is 2.31. The molecule has 5 N–H and O–H groups in total. The van der Waals surface area contributed by atoms with E-state index < -0.39 is 29.9 Å². The first-order valence-electron chi connectivity index (χ1n) is 12.6. The molecule has 0 aliphatic rings. The predicted molar refractivity (Wildman–Crippen MR) is 154 cm³/mol. The van der Waals surface area contributed by atoms with Gasteiger partial charge in [-0.2, -0.15) is 0 Å². The van der Waals surface area contributed by atoms with Crippen molar-refractivity contribution in [3.8, 4) is 5.75 Å². The number of carbonyl (C=O) groups is 2. The maximum atomic E-state index is 14.3. The monoisotopic (exact) mass is 543 g/mol. The fourth-order valence-electron chi connectivity index (χ4n) is 4.28. The fourth-order valence-corrected chi connectivity index (χ4v) is 4.28. The number of phenols is 1. The number of anilines is 3. The van der Waals surface area contributed by atoms with Crippen molar-refractivity contribution in [1.82, 2.24) is 0 Å². The van der Waals surface area contributed by atoms with Gasteiger partial charge in [-0.3, -0.25) is 10.1 Å². The van der Waals surface area contributed by atoms with Crippen molar-refractivity contribution in [1.29, 1.82) is 0 Å². The van der Waals surface area contributed by atoms with Gasteiger partial charge in [0.15, 0.2) is 17.7 Å². The molecule has 2 atom stereocenters. The molecule has 0 unspecified atom stereocenters. The number of hydrogen-bond donors (Lipinski definition) is 4. The van der Waals surface area contributed by atoms with Crippen molar-refractivity contribution >= 4 is 39.8 Å². The van der Waals surface area contributed by atoms with Crippen LogP contribution in [0.4, 0.5) is 26.2 Å². The summed E-state index contributed by atoms with van der Waals surface area (Å²) >= 11 is 0. The molecule has 8 nitrogen and oxygen atoms in total. The van der Waals surface area contributed by atoms with Gasteiger partial charge in [-0.05, 0) is 60.2 Å². The number of carbonyl (C=O) groups excluding carboxylic acids is 2. The first-order valence-corrected chi connectivity index (χ1v) is 12.6. The number of rotatable bonds is 10. The number of amides is 2. The first kappa shape index (κ1) is 28.1. The molecule has 9 heteroatoms. The highest BCUT2D eigenvalue weighted by molar-refractivity contribution is 6.01. The molecular formula is C31H30FN3O5. The van der Waals surface area contributed by atoms with Crippen LogP contribution in [0.2, 0.25) is 0 Å². The second-order valence-corrected chi connectivity index (χ2v) is 9.02. The zero-order valence-corrected chi connectivity index (χ0v) is 21.8. The van der Waals surface area contributed by atoms with Crippen LogP contribution in [0, 0.1) is 5.82 Å². The summed E-state index contributed by atoms with van der Waals surface area (Å²) in [5.74, 6) is -1.73. The van der Waals surface area contributed by atoms with E-state index in [1.54, 1.807) is 36.4 Å². The van der Waals surface area contributed by atoms with Crippen LogP contribution in [0.3, 0.4) is 0 Å². The third-order valence-electron chi connectivity index (χ3n) is 6.31. The summed E-state index contributed by atoms with van der Waals surface area (Å²) in [4.78, 5) is 25.3. The van der Waals surface area contributed by atoms with Gasteiger partial charge in [-0.25, -0.2) is 9.18 Å². The predicted octanol–water partition coefficient (Wildman–Crippen LogP) is 6.55. The highest BCUT2D eigenvalue weighted by Gasteiger charge is 2.28. The molecule has 0 aromatic heterocycles. The van der Waals surface area contributed by atoms with Gasteiger partial charge in [0.25, 0.3) is 0 Å². The van der Waals surface area contributed by atoms with Crippen LogP contribution in [0.5, 0.6) is 5.75 Å². The maximum absolute atomic E-state index is 14.3. The molecule has 206 valence electrons. The third-order valence-corrected chi connectivity index (χ3v) is 6.31. The summed E-state index contributed by atoms with van der Waals surface area (Å²) < 4.78 is 25.7. The molecule has 0 spiro atoms. The largest absolute Gasteiger partial charge is 0.505 e. The number of nitrogens with one attached hydrogen (secondary N) is 2. The van der Waals surface area contributed by atoms with Crippen LogP contribution >= 0.6 is 0 Å². The molecule has 0 aliphatic carbocycles. The molecule has 0 saturated carbocycles. The van der Waals surface area contributed by atoms with Crippen LogP contribution < -0.4 is 16.4 Å². The zero-order valence-electron chi connectivity index (χ0n) is 21.8. The number of ether oxygens (including phenoxy) is 2. The number of para-hydroxylation sites is 2. The van der Waals surface area contributed by atoms with Gasteiger partial charge >= 0.3 is 6.09 Å². The molecule has 0 fully saturated rings. The number of methoxy groups -OCH3 is 1. The van der Waals surface area contributed by atoms with E-state index in [0.717, 1.165) is 16.8 Å². The quantitative estimate of drug-likeness (QED) is 0.133. The van der Waals surface area contributed by atoms with Crippen LogP contribution in [0.15, 0.2) is 97.1 Å². The van der Waals surface area contributed by atoms with Crippen molar-refractivity contribution in [3.63, 3.8) is 0 Å². The number of halogens is 1. The SMILES string of the molecule is CO[C@@H](CC/C=C/C(=O)Nc1ccccc1N)[C@@H](OC(=O)Nc1cccc2ccccc12)c1ccc(O)c(F)c1. The van der Waals surface area contributed by atoms with Gasteiger partial charge in [0.05, 0.1) is 23.2 Å². The molecule has 4 rings (SSSR count). The number of benzene rings is 4. The highest BCUT2D eigenvalue weighted by atomic mass is 19.1. The van der Waals surface area contributed by atoms with Crippen LogP contribution in [0.25, 0.3) is 10.8 Å². The van der Waals surface area contributed by atoms with Crippen molar-refractivity contribution in [2.45, 2.75) is 25.0 Å². The molecule has 0 radical (unpaired) electrons. The Bertz CT molecular complexity index is 1520. The van der Waals surface area contributed by atoms with E-state index in [1.807, 2.05) is 36.4 Å². The summed E-state index contributed by atoms with van der Waals surface area (Å²) in [7, 11) is 1.45. The van der Waals surface area contributed by atoms with Crippen molar-refractivity contribution < 1.29 is 28.6 Å². The Labute approximate surface area is 231 Å². The number of fused-ring (bicyclic) bond motifs is 1. The van der Waals surface area contributed by atoms with E-state index in [-0.39, 0.29) is 5.91 Å². The van der Waals surface area contributed by atoms with E-state index in [0.29, 0.717) is 35.5 Å². The molecule has 4 aromatic rings. The second kappa shape index (κ2) is 13.3. The minimum absolute atomic E-state index is 0.302. The average Bonchev–Trinajstić information content (AvgIpc) is 2.95. The molecular weight excluding hydrogens is 513 g/mol. The van der Waals surface area contributed by atoms with Crippen molar-refractivity contribution in [2.75, 3.05) is 23.5 Å². The van der Waals surface area contributed by atoms with Gasteiger partial charge in [0, 0.05) is 12.5 Å². The summed E-state index contributed by atoms with van der Waals surface area (Å²) in [5, 5.41) is 16.9. The Morgan fingerprint density at radius 2 is 1.70 bits per heavy atom. The Morgan fingerprint density at radius 1 is 0.975 bits per heavy atom. The van der Waals surface area contributed by atoms with E-state index in [1.165, 1.54) is 25.3 Å². The number of hydrogen-bond acceptors (Lipinski definition) is 6. The molecule has 0 bridgehead atoms. The lowest BCUT2D eigenvalue weighted by molar-refractivity contribution is -0.111. The minimum Gasteiger partial charge on any atom is -0.505 e. The third kappa shape index (κ3) is 7.15. The number of phenolic OH excluding ortho intramolecular Hbond substituents is 1. The normalized spacial score (nSPS) is 12.7. The Balaban J connectivity index is 1.47. The maximum Gasteiger partial charge on any atom is 0.412 e. The average molecular weight is 544 g/mol. The smallest absolute Gasteiger partial charge is 0.412 e.